The zero-order chi connectivity index (χ0) is 34.7. The number of hydrogen-bond donors (Lipinski definition) is 1. The van der Waals surface area contributed by atoms with Crippen LogP contribution >= 0.6 is 11.6 Å². The smallest absolute Gasteiger partial charge is 0.359 e. The van der Waals surface area contributed by atoms with Crippen LogP contribution in [0.15, 0.2) is 104 Å². The first-order valence-corrected chi connectivity index (χ1v) is 16.0. The molecule has 8 heteroatoms. The number of hydrogen-bond acceptors (Lipinski definition) is 3. The molecule has 0 saturated heterocycles. The van der Waals surface area contributed by atoms with Crippen molar-refractivity contribution in [3.05, 3.63) is 137 Å². The third-order valence-corrected chi connectivity index (χ3v) is 6.72. The van der Waals surface area contributed by atoms with Crippen LogP contribution in [0.4, 0.5) is 18.9 Å². The Hall–Kier alpha value is -4.10. The maximum atomic E-state index is 13.0. The van der Waals surface area contributed by atoms with Crippen molar-refractivity contribution in [2.45, 2.75) is 73.9 Å². The molecule has 0 spiro atoms. The van der Waals surface area contributed by atoms with E-state index >= 15 is 0 Å². The number of nitrogens with one attached hydrogen (secondary N) is 1. The van der Waals surface area contributed by atoms with Gasteiger partial charge in [-0.05, 0) is 68.5 Å². The van der Waals surface area contributed by atoms with E-state index in [0.717, 1.165) is 45.1 Å². The number of allylic oxidation sites excluding steroid dienone is 1. The first kappa shape index (κ1) is 39.9. The van der Waals surface area contributed by atoms with Crippen LogP contribution in [0, 0.1) is 6.92 Å². The first-order valence-electron chi connectivity index (χ1n) is 15.6. The van der Waals surface area contributed by atoms with Gasteiger partial charge in [-0.3, -0.25) is 0 Å². The van der Waals surface area contributed by atoms with Crippen LogP contribution in [0.1, 0.15) is 69.5 Å². The van der Waals surface area contributed by atoms with Gasteiger partial charge in [-0.2, -0.15) is 13.2 Å². The highest BCUT2D eigenvalue weighted by Crippen LogP contribution is 2.33. The molecule has 0 bridgehead atoms. The molecule has 3 aromatic carbocycles. The van der Waals surface area contributed by atoms with Crippen molar-refractivity contribution in [1.82, 2.24) is 14.5 Å². The highest BCUT2D eigenvalue weighted by molar-refractivity contribution is 6.33. The summed E-state index contributed by atoms with van der Waals surface area (Å²) in [5.74, 6) is 0. The maximum absolute atomic E-state index is 13.0. The normalized spacial score (nSPS) is 10.1. The second-order valence-corrected chi connectivity index (χ2v) is 10.3. The Balaban J connectivity index is 0.000000341. The fraction of sp³-hybridized carbons (Fsp3) is 0.316. The zero-order valence-corrected chi connectivity index (χ0v) is 29.1. The molecule has 4 nitrogen and oxygen atoms in total. The van der Waals surface area contributed by atoms with Gasteiger partial charge in [0.05, 0.1) is 33.0 Å². The monoisotopic (exact) mass is 652 g/mol. The van der Waals surface area contributed by atoms with Crippen LogP contribution in [-0.4, -0.2) is 14.5 Å². The van der Waals surface area contributed by atoms with E-state index in [1.165, 1.54) is 6.07 Å². The van der Waals surface area contributed by atoms with Gasteiger partial charge < -0.3 is 9.88 Å². The second kappa shape index (κ2) is 20.8. The molecule has 1 N–H and O–H groups in total. The molecule has 248 valence electrons. The van der Waals surface area contributed by atoms with Gasteiger partial charge in [0.2, 0.25) is 0 Å². The Morgan fingerprint density at radius 2 is 1.52 bits per heavy atom. The molecule has 2 aromatic heterocycles. The Morgan fingerprint density at radius 1 is 0.891 bits per heavy atom. The average Bonchev–Trinajstić information content (AvgIpc) is 3.45. The molecule has 0 aliphatic heterocycles. The number of aryl methyl sites for hydroxylation is 5. The van der Waals surface area contributed by atoms with Crippen LogP contribution < -0.4 is 5.32 Å². The van der Waals surface area contributed by atoms with E-state index in [1.54, 1.807) is 25.4 Å². The molecule has 0 amide bonds. The highest BCUT2D eigenvalue weighted by atomic mass is 35.5. The number of rotatable bonds is 6. The lowest BCUT2D eigenvalue weighted by atomic mass is 9.98. The first-order chi connectivity index (χ1) is 22.0. The molecule has 0 atom stereocenters. The number of aromatic nitrogens is 3. The van der Waals surface area contributed by atoms with Crippen molar-refractivity contribution in [3.8, 4) is 0 Å². The lowest BCUT2D eigenvalue weighted by molar-refractivity contribution is -0.138. The van der Waals surface area contributed by atoms with E-state index < -0.39 is 11.7 Å². The number of halogens is 4. The third kappa shape index (κ3) is 13.1. The largest absolute Gasteiger partial charge is 0.416 e. The molecule has 0 aliphatic carbocycles. The Labute approximate surface area is 278 Å². The number of fused-ring (bicyclic) bond motifs is 1. The van der Waals surface area contributed by atoms with E-state index in [9.17, 15) is 13.2 Å². The molecule has 5 rings (SSSR count). The van der Waals surface area contributed by atoms with Crippen LogP contribution in [-0.2, 0) is 32.5 Å². The number of para-hydroxylation sites is 1. The van der Waals surface area contributed by atoms with Crippen molar-refractivity contribution in [2.24, 2.45) is 7.05 Å². The summed E-state index contributed by atoms with van der Waals surface area (Å²) in [6, 6.07) is 23.7. The molecule has 5 aromatic rings. The Morgan fingerprint density at radius 3 is 2.11 bits per heavy atom. The van der Waals surface area contributed by atoms with Crippen LogP contribution in [0.5, 0.6) is 0 Å². The van der Waals surface area contributed by atoms with Crippen molar-refractivity contribution >= 4 is 28.3 Å². The minimum atomic E-state index is -4.28. The van der Waals surface area contributed by atoms with Gasteiger partial charge in [-0.15, -0.1) is 0 Å². The lowest BCUT2D eigenvalue weighted by Crippen LogP contribution is -2.10. The number of benzene rings is 3. The summed E-state index contributed by atoms with van der Waals surface area (Å²) in [6.07, 6.45) is 1.33. The summed E-state index contributed by atoms with van der Waals surface area (Å²) in [7, 11) is 2.02. The minimum absolute atomic E-state index is 0.363. The summed E-state index contributed by atoms with van der Waals surface area (Å²) < 4.78 is 40.9. The summed E-state index contributed by atoms with van der Waals surface area (Å²) in [6.45, 7) is 17.4. The van der Waals surface area contributed by atoms with Crippen molar-refractivity contribution < 1.29 is 13.2 Å². The lowest BCUT2D eigenvalue weighted by Gasteiger charge is -2.13. The van der Waals surface area contributed by atoms with Gasteiger partial charge in [-0.25, -0.2) is 9.97 Å². The molecule has 0 saturated carbocycles. The molecular formula is C38H48ClF3N4. The van der Waals surface area contributed by atoms with Gasteiger partial charge in [0.15, 0.2) is 0 Å². The van der Waals surface area contributed by atoms with Gasteiger partial charge in [-0.1, -0.05) is 113 Å². The van der Waals surface area contributed by atoms with Gasteiger partial charge >= 0.3 is 6.18 Å². The van der Waals surface area contributed by atoms with Crippen LogP contribution in [0.2, 0.25) is 5.02 Å². The highest BCUT2D eigenvalue weighted by Gasteiger charge is 2.33. The second-order valence-electron chi connectivity index (χ2n) is 9.86. The molecule has 2 heterocycles. The molecule has 46 heavy (non-hydrogen) atoms. The molecular weight excluding hydrogens is 605 g/mol. The predicted octanol–water partition coefficient (Wildman–Crippen LogP) is 11.7. The standard InChI is InChI=1S/C16H15F3.C9H10ClN.C9H11N3.2C2H6/c1-12-7-9-14(15(11-12)16(17,18)19)10-8-13-5-3-2-4-6-13;1-7(2)11-9-6-4-3-5-8(9)10;1-3-7-9-8(11-6-10-7)4-5-12(9)2;2*1-2/h2-7,9,11H,8,10H2,1H3;3-6,11H,1H2,2H3;4-6H,3H2,1-2H3;2*1-2H3. The topological polar surface area (TPSA) is 42.7 Å². The summed E-state index contributed by atoms with van der Waals surface area (Å²) in [5.41, 5.74) is 6.63. The van der Waals surface area contributed by atoms with Crippen molar-refractivity contribution in [1.29, 1.82) is 0 Å². The van der Waals surface area contributed by atoms with Gasteiger partial charge in [0, 0.05) is 18.9 Å². The summed E-state index contributed by atoms with van der Waals surface area (Å²) >= 11 is 5.86. The Bertz CT molecular complexity index is 1600. The number of nitrogens with zero attached hydrogens (tertiary/aromatic N) is 3. The predicted molar refractivity (Wildman–Crippen MR) is 191 cm³/mol. The number of alkyl halides is 3. The number of anilines is 1. The quantitative estimate of drug-likeness (QED) is 0.198. The van der Waals surface area contributed by atoms with E-state index in [4.69, 9.17) is 11.6 Å². The summed E-state index contributed by atoms with van der Waals surface area (Å²) in [4.78, 5) is 8.41. The molecule has 0 radical (unpaired) electrons. The van der Waals surface area contributed by atoms with Gasteiger partial charge in [0.25, 0.3) is 0 Å². The van der Waals surface area contributed by atoms with E-state index in [-0.39, 0.29) is 0 Å². The van der Waals surface area contributed by atoms with Crippen molar-refractivity contribution in [3.63, 3.8) is 0 Å². The van der Waals surface area contributed by atoms with Crippen LogP contribution in [0.3, 0.4) is 0 Å². The minimum Gasteiger partial charge on any atom is -0.359 e. The van der Waals surface area contributed by atoms with E-state index in [0.29, 0.717) is 24.0 Å². The van der Waals surface area contributed by atoms with E-state index in [1.807, 2.05) is 109 Å². The zero-order valence-electron chi connectivity index (χ0n) is 28.3. The van der Waals surface area contributed by atoms with E-state index in [2.05, 4.69) is 33.4 Å². The molecule has 0 fully saturated rings. The molecule has 0 unspecified atom stereocenters. The van der Waals surface area contributed by atoms with Gasteiger partial charge in [0.1, 0.15) is 6.33 Å². The Kier molecular flexibility index (Phi) is 18.1. The summed E-state index contributed by atoms with van der Waals surface area (Å²) in [5, 5.41) is 3.76. The van der Waals surface area contributed by atoms with Crippen LogP contribution in [0.25, 0.3) is 11.0 Å². The SMILES string of the molecule is C=C(C)Nc1ccccc1Cl.CC.CC.CCc1ncnc2ccn(C)c12.Cc1ccc(CCc2ccccc2)c(C(F)(F)F)c1. The molecule has 0 aliphatic rings. The third-order valence-electron chi connectivity index (χ3n) is 6.39. The fourth-order valence-corrected chi connectivity index (χ4v) is 4.52. The van der Waals surface area contributed by atoms with Crippen molar-refractivity contribution in [2.75, 3.05) is 5.32 Å². The average molecular weight is 653 g/mol. The fourth-order valence-electron chi connectivity index (χ4n) is 4.34. The maximum Gasteiger partial charge on any atom is 0.416 e.